The highest BCUT2D eigenvalue weighted by molar-refractivity contribution is 5.77. The third-order valence-electron chi connectivity index (χ3n) is 5.69. The van der Waals surface area contributed by atoms with Crippen LogP contribution in [0.3, 0.4) is 0 Å². The molecule has 2 heterocycles. The van der Waals surface area contributed by atoms with Gasteiger partial charge in [-0.25, -0.2) is 4.79 Å². The number of fused-ring (bicyclic) bond motifs is 3. The van der Waals surface area contributed by atoms with Crippen LogP contribution in [0.2, 0.25) is 0 Å². The zero-order chi connectivity index (χ0) is 25.2. The van der Waals surface area contributed by atoms with Crippen LogP contribution in [0.15, 0.2) is 30.6 Å². The molecule has 0 spiro atoms. The lowest BCUT2D eigenvalue weighted by Crippen LogP contribution is -2.53. The summed E-state index contributed by atoms with van der Waals surface area (Å²) >= 11 is 0. The quantitative estimate of drug-likeness (QED) is 0.598. The number of carbonyl (C=O) groups excluding carboxylic acids is 1. The molecule has 9 heteroatoms. The molecule has 1 unspecified atom stereocenters. The minimum absolute atomic E-state index is 0.0101. The Hall–Kier alpha value is -3.23. The van der Waals surface area contributed by atoms with Gasteiger partial charge in [-0.2, -0.15) is 4.39 Å². The molecule has 2 aliphatic rings. The summed E-state index contributed by atoms with van der Waals surface area (Å²) in [6.07, 6.45) is 4.91. The molecule has 1 aromatic rings. The van der Waals surface area contributed by atoms with Crippen LogP contribution in [0.5, 0.6) is 11.5 Å². The van der Waals surface area contributed by atoms with Crippen LogP contribution < -0.4 is 14.9 Å². The summed E-state index contributed by atoms with van der Waals surface area (Å²) in [5, 5.41) is 11.4. The molecular weight excluding hydrogens is 441 g/mol. The highest BCUT2D eigenvalue weighted by Gasteiger charge is 2.35. The highest BCUT2D eigenvalue weighted by atomic mass is 19.1. The van der Waals surface area contributed by atoms with E-state index < -0.39 is 23.5 Å². The van der Waals surface area contributed by atoms with Crippen molar-refractivity contribution in [3.05, 3.63) is 42.0 Å². The molecule has 0 fully saturated rings. The third-order valence-corrected chi connectivity index (χ3v) is 5.69. The summed E-state index contributed by atoms with van der Waals surface area (Å²) in [7, 11) is 0. The molecule has 0 saturated heterocycles. The molecule has 0 aromatic heterocycles. The molecule has 0 aliphatic carbocycles. The van der Waals surface area contributed by atoms with Gasteiger partial charge in [0.25, 0.3) is 0 Å². The van der Waals surface area contributed by atoms with E-state index in [4.69, 9.17) is 9.47 Å². The Morgan fingerprint density at radius 1 is 1.35 bits per heavy atom. The number of hydrogen-bond acceptors (Lipinski definition) is 5. The van der Waals surface area contributed by atoms with Gasteiger partial charge in [-0.05, 0) is 50.8 Å². The molecule has 34 heavy (non-hydrogen) atoms. The van der Waals surface area contributed by atoms with E-state index in [9.17, 15) is 14.7 Å². The van der Waals surface area contributed by atoms with Gasteiger partial charge in [-0.3, -0.25) is 20.1 Å². The van der Waals surface area contributed by atoms with E-state index in [-0.39, 0.29) is 42.5 Å². The van der Waals surface area contributed by atoms with Gasteiger partial charge in [0, 0.05) is 36.3 Å². The second-order valence-electron chi connectivity index (χ2n) is 10.1. The number of nitrogens with one attached hydrogen (secondary N) is 1. The highest BCUT2D eigenvalue weighted by Crippen LogP contribution is 2.43. The topological polar surface area (TPSA) is 91.3 Å². The first-order valence-electron chi connectivity index (χ1n) is 11.4. The molecule has 2 N–H and O–H groups in total. The normalized spacial score (nSPS) is 17.8. The summed E-state index contributed by atoms with van der Waals surface area (Å²) in [6, 6.07) is 2.82. The zero-order valence-corrected chi connectivity index (χ0v) is 20.6. The predicted molar refractivity (Wildman–Crippen MR) is 127 cm³/mol. The van der Waals surface area contributed by atoms with E-state index in [0.717, 1.165) is 5.57 Å². The molecule has 1 aromatic carbocycles. The number of rotatable bonds is 7. The molecule has 2 atom stereocenters. The van der Waals surface area contributed by atoms with Crippen LogP contribution in [0, 0.1) is 17.7 Å². The molecule has 2 amide bonds. The maximum Gasteiger partial charge on any atom is 0.408 e. The average molecular weight is 476 g/mol. The van der Waals surface area contributed by atoms with Crippen molar-refractivity contribution in [1.29, 1.82) is 0 Å². The second-order valence-corrected chi connectivity index (χ2v) is 10.1. The van der Waals surface area contributed by atoms with Crippen LogP contribution in [-0.2, 0) is 4.79 Å². The van der Waals surface area contributed by atoms with Crippen LogP contribution in [0.4, 0.5) is 9.18 Å². The van der Waals surface area contributed by atoms with Crippen LogP contribution in [0.25, 0.3) is 5.57 Å². The van der Waals surface area contributed by atoms with Crippen molar-refractivity contribution in [3.8, 4) is 11.5 Å². The Balaban J connectivity index is 1.85. The fraction of sp³-hybridized carbons (Fsp3) is 0.520. The number of ether oxygens (including phenoxy) is 2. The standard InChI is InChI=1S/C25H34FN3O5/c1-15(2)11-18(29(24(31)32)25(4,5)6)14-33-21-8-7-19-20-12-28(27-16(3)30)10-9-17(20)13-34-23(19)22(21)26/h7-10,12,15,17-18H,11,13-14H2,1-6H3,(H,27,30)(H,31,32)/t17?,18-/m0/s1. The van der Waals surface area contributed by atoms with E-state index in [0.29, 0.717) is 12.0 Å². The number of benzene rings is 1. The number of hydrazine groups is 1. The van der Waals surface area contributed by atoms with Gasteiger partial charge in [0.05, 0.1) is 12.6 Å². The minimum atomic E-state index is -1.04. The van der Waals surface area contributed by atoms with Gasteiger partial charge in [-0.1, -0.05) is 19.9 Å². The average Bonchev–Trinajstić information content (AvgIpc) is 2.70. The number of carboxylic acid groups (broad SMARTS) is 1. The molecule has 3 rings (SSSR count). The summed E-state index contributed by atoms with van der Waals surface area (Å²) in [5.41, 5.74) is 3.44. The van der Waals surface area contributed by atoms with Crippen molar-refractivity contribution in [1.82, 2.24) is 15.3 Å². The van der Waals surface area contributed by atoms with Gasteiger partial charge in [0.1, 0.15) is 6.61 Å². The number of carbonyl (C=O) groups is 2. The maximum atomic E-state index is 15.4. The molecular formula is C25H34FN3O5. The van der Waals surface area contributed by atoms with E-state index in [1.165, 1.54) is 22.9 Å². The minimum Gasteiger partial charge on any atom is -0.489 e. The lowest BCUT2D eigenvalue weighted by atomic mass is 9.89. The molecule has 0 saturated carbocycles. The maximum absolute atomic E-state index is 15.4. The largest absolute Gasteiger partial charge is 0.489 e. The first-order valence-corrected chi connectivity index (χ1v) is 11.4. The fourth-order valence-electron chi connectivity index (χ4n) is 4.41. The lowest BCUT2D eigenvalue weighted by molar-refractivity contribution is -0.121. The Morgan fingerprint density at radius 3 is 2.65 bits per heavy atom. The summed E-state index contributed by atoms with van der Waals surface area (Å²) in [4.78, 5) is 24.8. The van der Waals surface area contributed by atoms with Crippen molar-refractivity contribution in [2.24, 2.45) is 11.8 Å². The van der Waals surface area contributed by atoms with E-state index in [2.05, 4.69) is 5.43 Å². The Labute approximate surface area is 200 Å². The number of nitrogens with zero attached hydrogens (tertiary/aromatic N) is 2. The molecule has 0 bridgehead atoms. The first kappa shape index (κ1) is 25.4. The van der Waals surface area contributed by atoms with Crippen LogP contribution in [0.1, 0.15) is 53.5 Å². The SMILES string of the molecule is CC(=O)NN1C=CC2COc3c(ccc(OC[C@H](CC(C)C)N(C(=O)O)C(C)(C)C)c3F)C2=C1. The van der Waals surface area contributed by atoms with Gasteiger partial charge in [0.15, 0.2) is 11.5 Å². The number of amides is 2. The lowest BCUT2D eigenvalue weighted by Gasteiger charge is -2.40. The first-order chi connectivity index (χ1) is 15.9. The van der Waals surface area contributed by atoms with Crippen LogP contribution >= 0.6 is 0 Å². The van der Waals surface area contributed by atoms with Crippen molar-refractivity contribution in [2.45, 2.75) is 59.5 Å². The summed E-state index contributed by atoms with van der Waals surface area (Å²) in [6.45, 7) is 11.2. The molecule has 8 nitrogen and oxygen atoms in total. The van der Waals surface area contributed by atoms with Crippen molar-refractivity contribution >= 4 is 17.6 Å². The second kappa shape index (κ2) is 9.95. The van der Waals surface area contributed by atoms with Crippen molar-refractivity contribution in [2.75, 3.05) is 13.2 Å². The molecule has 0 radical (unpaired) electrons. The van der Waals surface area contributed by atoms with Gasteiger partial charge >= 0.3 is 6.09 Å². The van der Waals surface area contributed by atoms with E-state index in [1.54, 1.807) is 18.5 Å². The van der Waals surface area contributed by atoms with Gasteiger partial charge < -0.3 is 14.6 Å². The van der Waals surface area contributed by atoms with E-state index in [1.807, 2.05) is 40.7 Å². The van der Waals surface area contributed by atoms with Crippen molar-refractivity contribution < 1.29 is 28.6 Å². The van der Waals surface area contributed by atoms with Crippen LogP contribution in [-0.4, -0.2) is 51.8 Å². The van der Waals surface area contributed by atoms with Gasteiger partial charge in [-0.15, -0.1) is 0 Å². The van der Waals surface area contributed by atoms with Crippen molar-refractivity contribution in [3.63, 3.8) is 0 Å². The smallest absolute Gasteiger partial charge is 0.408 e. The fourth-order valence-corrected chi connectivity index (χ4v) is 4.41. The monoisotopic (exact) mass is 475 g/mol. The molecule has 2 aliphatic heterocycles. The molecule has 186 valence electrons. The van der Waals surface area contributed by atoms with Gasteiger partial charge in [0.2, 0.25) is 11.7 Å². The number of hydrogen-bond donors (Lipinski definition) is 2. The summed E-state index contributed by atoms with van der Waals surface area (Å²) < 4.78 is 27.0. The summed E-state index contributed by atoms with van der Waals surface area (Å²) in [5.74, 6) is -0.582. The Kier molecular flexibility index (Phi) is 7.43. The Bertz CT molecular complexity index is 999. The predicted octanol–water partition coefficient (Wildman–Crippen LogP) is 4.63. The van der Waals surface area contributed by atoms with E-state index >= 15 is 4.39 Å². The third kappa shape index (κ3) is 5.63. The zero-order valence-electron chi connectivity index (χ0n) is 20.6. The Morgan fingerprint density at radius 2 is 2.06 bits per heavy atom. The number of halogens is 1.